The van der Waals surface area contributed by atoms with Crippen molar-refractivity contribution in [2.45, 2.75) is 62.4 Å². The number of nitrogens with one attached hydrogen (secondary N) is 2. The highest BCUT2D eigenvalue weighted by Crippen LogP contribution is 2.18. The van der Waals surface area contributed by atoms with Crippen LogP contribution < -0.4 is 14.8 Å². The van der Waals surface area contributed by atoms with Gasteiger partial charge in [-0.1, -0.05) is 25.7 Å². The molecule has 1 aromatic carbocycles. The predicted molar refractivity (Wildman–Crippen MR) is 92.4 cm³/mol. The predicted octanol–water partition coefficient (Wildman–Crippen LogP) is 2.20. The molecule has 1 atom stereocenters. The molecular formula is C17H26N2O4S. The van der Waals surface area contributed by atoms with Gasteiger partial charge >= 0.3 is 0 Å². The highest BCUT2D eigenvalue weighted by atomic mass is 32.2. The molecule has 134 valence electrons. The van der Waals surface area contributed by atoms with Crippen LogP contribution in [-0.2, 0) is 14.8 Å². The summed E-state index contributed by atoms with van der Waals surface area (Å²) < 4.78 is 32.2. The SMILES string of the molecule is COc1ccc(S(=O)(=O)N[C@H](C)C(=O)NC2CCCCCC2)cc1. The Morgan fingerprint density at radius 2 is 1.71 bits per heavy atom. The van der Waals surface area contributed by atoms with Gasteiger partial charge in [0.15, 0.2) is 0 Å². The Labute approximate surface area is 144 Å². The minimum absolute atomic E-state index is 0.109. The van der Waals surface area contributed by atoms with Gasteiger partial charge in [-0.25, -0.2) is 8.42 Å². The number of ether oxygens (including phenoxy) is 1. The summed E-state index contributed by atoms with van der Waals surface area (Å²) in [4.78, 5) is 12.4. The van der Waals surface area contributed by atoms with Crippen LogP contribution in [0.15, 0.2) is 29.2 Å². The molecule has 0 radical (unpaired) electrons. The molecule has 1 saturated carbocycles. The third-order valence-electron chi connectivity index (χ3n) is 4.30. The van der Waals surface area contributed by atoms with E-state index in [4.69, 9.17) is 4.74 Å². The molecule has 1 aliphatic carbocycles. The third kappa shape index (κ3) is 5.21. The van der Waals surface area contributed by atoms with Crippen LogP contribution in [0.4, 0.5) is 0 Å². The molecule has 0 bridgehead atoms. The first kappa shape index (κ1) is 18.7. The largest absolute Gasteiger partial charge is 0.497 e. The molecule has 2 N–H and O–H groups in total. The lowest BCUT2D eigenvalue weighted by molar-refractivity contribution is -0.123. The van der Waals surface area contributed by atoms with E-state index in [0.29, 0.717) is 5.75 Å². The fourth-order valence-electron chi connectivity index (χ4n) is 2.86. The summed E-state index contributed by atoms with van der Waals surface area (Å²) in [5, 5.41) is 2.97. The van der Waals surface area contributed by atoms with E-state index >= 15 is 0 Å². The molecule has 0 heterocycles. The molecule has 0 unspecified atom stereocenters. The fraction of sp³-hybridized carbons (Fsp3) is 0.588. The molecule has 6 nitrogen and oxygen atoms in total. The van der Waals surface area contributed by atoms with Crippen molar-refractivity contribution in [2.75, 3.05) is 7.11 Å². The Bertz CT molecular complexity index is 635. The molecule has 0 aliphatic heterocycles. The number of carbonyl (C=O) groups is 1. The molecule has 7 heteroatoms. The second-order valence-corrected chi connectivity index (χ2v) is 7.93. The van der Waals surface area contributed by atoms with Crippen LogP contribution in [0.5, 0.6) is 5.75 Å². The minimum Gasteiger partial charge on any atom is -0.497 e. The summed E-state index contributed by atoms with van der Waals surface area (Å²) in [6.07, 6.45) is 6.54. The Balaban J connectivity index is 1.95. The molecule has 1 amide bonds. The van der Waals surface area contributed by atoms with Crippen molar-refractivity contribution in [3.05, 3.63) is 24.3 Å². The van der Waals surface area contributed by atoms with Crippen LogP contribution in [0, 0.1) is 0 Å². The average molecular weight is 354 g/mol. The summed E-state index contributed by atoms with van der Waals surface area (Å²) in [5.41, 5.74) is 0. The van der Waals surface area contributed by atoms with Gasteiger partial charge in [0.25, 0.3) is 0 Å². The van der Waals surface area contributed by atoms with Crippen molar-refractivity contribution >= 4 is 15.9 Å². The van der Waals surface area contributed by atoms with Gasteiger partial charge in [-0.2, -0.15) is 4.72 Å². The Morgan fingerprint density at radius 1 is 1.12 bits per heavy atom. The average Bonchev–Trinajstić information content (AvgIpc) is 2.83. The topological polar surface area (TPSA) is 84.5 Å². The van der Waals surface area contributed by atoms with Crippen LogP contribution in [-0.4, -0.2) is 33.5 Å². The molecule has 1 aliphatic rings. The van der Waals surface area contributed by atoms with Gasteiger partial charge in [-0.05, 0) is 44.0 Å². The van der Waals surface area contributed by atoms with Crippen LogP contribution >= 0.6 is 0 Å². The lowest BCUT2D eigenvalue weighted by atomic mass is 10.1. The third-order valence-corrected chi connectivity index (χ3v) is 5.85. The molecule has 0 saturated heterocycles. The highest BCUT2D eigenvalue weighted by molar-refractivity contribution is 7.89. The van der Waals surface area contributed by atoms with E-state index in [-0.39, 0.29) is 16.8 Å². The van der Waals surface area contributed by atoms with Gasteiger partial charge in [0.2, 0.25) is 15.9 Å². The number of hydrogen-bond acceptors (Lipinski definition) is 4. The Morgan fingerprint density at radius 3 is 2.25 bits per heavy atom. The van der Waals surface area contributed by atoms with Gasteiger partial charge in [0.05, 0.1) is 18.0 Å². The summed E-state index contributed by atoms with van der Waals surface area (Å²) in [7, 11) is -2.23. The quantitative estimate of drug-likeness (QED) is 0.767. The minimum atomic E-state index is -3.74. The maximum atomic E-state index is 12.4. The summed E-state index contributed by atoms with van der Waals surface area (Å²) in [6, 6.07) is 5.39. The van der Waals surface area contributed by atoms with Crippen LogP contribution in [0.25, 0.3) is 0 Å². The number of methoxy groups -OCH3 is 1. The molecular weight excluding hydrogens is 328 g/mol. The first-order valence-electron chi connectivity index (χ1n) is 8.39. The van der Waals surface area contributed by atoms with Gasteiger partial charge < -0.3 is 10.1 Å². The first-order valence-corrected chi connectivity index (χ1v) is 9.87. The number of benzene rings is 1. The Hall–Kier alpha value is -1.60. The zero-order chi connectivity index (χ0) is 17.6. The summed E-state index contributed by atoms with van der Waals surface area (Å²) >= 11 is 0. The van der Waals surface area contributed by atoms with Crippen molar-refractivity contribution in [3.8, 4) is 5.75 Å². The van der Waals surface area contributed by atoms with E-state index in [1.807, 2.05) is 0 Å². The van der Waals surface area contributed by atoms with Crippen molar-refractivity contribution in [3.63, 3.8) is 0 Å². The number of amides is 1. The molecule has 0 spiro atoms. The summed E-state index contributed by atoms with van der Waals surface area (Å²) in [6.45, 7) is 1.56. The number of carbonyl (C=O) groups excluding carboxylic acids is 1. The van der Waals surface area contributed by atoms with E-state index in [1.165, 1.54) is 32.1 Å². The van der Waals surface area contributed by atoms with Gasteiger partial charge in [-0.15, -0.1) is 0 Å². The first-order chi connectivity index (χ1) is 11.4. The monoisotopic (exact) mass is 354 g/mol. The lowest BCUT2D eigenvalue weighted by Crippen LogP contribution is -2.47. The van der Waals surface area contributed by atoms with E-state index in [9.17, 15) is 13.2 Å². The van der Waals surface area contributed by atoms with Crippen LogP contribution in [0.1, 0.15) is 45.4 Å². The highest BCUT2D eigenvalue weighted by Gasteiger charge is 2.24. The number of sulfonamides is 1. The van der Waals surface area contributed by atoms with Crippen LogP contribution in [0.2, 0.25) is 0 Å². The van der Waals surface area contributed by atoms with Crippen molar-refractivity contribution in [2.24, 2.45) is 0 Å². The van der Waals surface area contributed by atoms with Crippen LogP contribution in [0.3, 0.4) is 0 Å². The molecule has 1 aromatic rings. The zero-order valence-corrected chi connectivity index (χ0v) is 15.1. The molecule has 24 heavy (non-hydrogen) atoms. The maximum Gasteiger partial charge on any atom is 0.241 e. The van der Waals surface area contributed by atoms with Gasteiger partial charge in [0.1, 0.15) is 5.75 Å². The van der Waals surface area contributed by atoms with Gasteiger partial charge in [0, 0.05) is 6.04 Å². The van der Waals surface area contributed by atoms with E-state index in [0.717, 1.165) is 25.7 Å². The van der Waals surface area contributed by atoms with E-state index < -0.39 is 16.1 Å². The normalized spacial score (nSPS) is 17.8. The van der Waals surface area contributed by atoms with Gasteiger partial charge in [-0.3, -0.25) is 4.79 Å². The standard InChI is InChI=1S/C17H26N2O4S/c1-13(17(20)18-14-7-5-3-4-6-8-14)19-24(21,22)16-11-9-15(23-2)10-12-16/h9-14,19H,3-8H2,1-2H3,(H,18,20)/t13-/m1/s1. The second-order valence-electron chi connectivity index (χ2n) is 6.22. The molecule has 1 fully saturated rings. The second kappa shape index (κ2) is 8.48. The zero-order valence-electron chi connectivity index (χ0n) is 14.2. The fourth-order valence-corrected chi connectivity index (χ4v) is 4.06. The number of rotatable bonds is 6. The lowest BCUT2D eigenvalue weighted by Gasteiger charge is -2.20. The maximum absolute atomic E-state index is 12.4. The smallest absolute Gasteiger partial charge is 0.241 e. The van der Waals surface area contributed by atoms with Crippen molar-refractivity contribution < 1.29 is 17.9 Å². The van der Waals surface area contributed by atoms with Crippen molar-refractivity contribution in [1.82, 2.24) is 10.0 Å². The van der Waals surface area contributed by atoms with E-state index in [1.54, 1.807) is 19.1 Å². The van der Waals surface area contributed by atoms with Crippen molar-refractivity contribution in [1.29, 1.82) is 0 Å². The van der Waals surface area contributed by atoms with E-state index in [2.05, 4.69) is 10.0 Å². The Kier molecular flexibility index (Phi) is 6.62. The molecule has 2 rings (SSSR count). The number of hydrogen-bond donors (Lipinski definition) is 2. The summed E-state index contributed by atoms with van der Waals surface area (Å²) in [5.74, 6) is 0.298. The molecule has 0 aromatic heterocycles.